The molecule has 1 unspecified atom stereocenters. The van der Waals surface area contributed by atoms with Crippen LogP contribution in [0.15, 0.2) is 108 Å². The Morgan fingerprint density at radius 1 is 0.868 bits per heavy atom. The molecule has 0 aromatic heterocycles. The van der Waals surface area contributed by atoms with Crippen molar-refractivity contribution in [3.8, 4) is 0 Å². The molecule has 0 saturated carbocycles. The number of aliphatic hydroxyl groups excluding tert-OH is 1. The molecule has 0 fully saturated rings. The SMILES string of the molecule is CC(CS(=O)(=O)c1ccccc1)[C@H]1O[C@H](CO[Si](c2ccccc2)(c2ccccc2)C(C)(C)C)C=C[C@H]1O. The third-order valence-electron chi connectivity index (χ3n) is 7.22. The topological polar surface area (TPSA) is 72.8 Å². The van der Waals surface area contributed by atoms with Crippen LogP contribution >= 0.6 is 0 Å². The third-order valence-corrected chi connectivity index (χ3v) is 14.2. The van der Waals surface area contributed by atoms with Crippen LogP contribution in [0.1, 0.15) is 27.7 Å². The second-order valence-electron chi connectivity index (χ2n) is 11.1. The van der Waals surface area contributed by atoms with Crippen LogP contribution in [0.5, 0.6) is 0 Å². The first-order valence-corrected chi connectivity index (χ1v) is 16.7. The molecule has 5 nitrogen and oxygen atoms in total. The quantitative estimate of drug-likeness (QED) is 0.317. The van der Waals surface area contributed by atoms with E-state index in [1.165, 1.54) is 10.4 Å². The van der Waals surface area contributed by atoms with Crippen molar-refractivity contribution in [2.24, 2.45) is 5.92 Å². The van der Waals surface area contributed by atoms with Gasteiger partial charge in [0.2, 0.25) is 0 Å². The predicted molar refractivity (Wildman–Crippen MR) is 155 cm³/mol. The van der Waals surface area contributed by atoms with Gasteiger partial charge in [-0.2, -0.15) is 0 Å². The van der Waals surface area contributed by atoms with Crippen LogP contribution < -0.4 is 10.4 Å². The van der Waals surface area contributed by atoms with Crippen molar-refractivity contribution in [2.45, 2.75) is 55.9 Å². The molecule has 1 aliphatic heterocycles. The van der Waals surface area contributed by atoms with E-state index in [-0.39, 0.29) is 15.7 Å². The van der Waals surface area contributed by atoms with Crippen molar-refractivity contribution in [1.29, 1.82) is 0 Å². The zero-order valence-corrected chi connectivity index (χ0v) is 24.3. The highest BCUT2D eigenvalue weighted by Crippen LogP contribution is 2.37. The van der Waals surface area contributed by atoms with Crippen LogP contribution in [-0.2, 0) is 19.0 Å². The van der Waals surface area contributed by atoms with Crippen molar-refractivity contribution >= 4 is 28.5 Å². The van der Waals surface area contributed by atoms with Crippen LogP contribution in [0, 0.1) is 5.92 Å². The summed E-state index contributed by atoms with van der Waals surface area (Å²) >= 11 is 0. The van der Waals surface area contributed by atoms with Crippen LogP contribution in [0.2, 0.25) is 5.04 Å². The average molecular weight is 551 g/mol. The Balaban J connectivity index is 1.57. The summed E-state index contributed by atoms with van der Waals surface area (Å²) in [5.74, 6) is -0.537. The molecular formula is C31H38O5SSi. The molecule has 0 spiro atoms. The number of hydrogen-bond acceptors (Lipinski definition) is 5. The molecule has 4 atom stereocenters. The summed E-state index contributed by atoms with van der Waals surface area (Å²) < 4.78 is 39.3. The van der Waals surface area contributed by atoms with Gasteiger partial charge >= 0.3 is 0 Å². The van der Waals surface area contributed by atoms with Crippen molar-refractivity contribution < 1.29 is 22.7 Å². The maximum absolute atomic E-state index is 13.0. The number of benzene rings is 3. The second kappa shape index (κ2) is 11.7. The van der Waals surface area contributed by atoms with Gasteiger partial charge < -0.3 is 14.3 Å². The molecule has 3 aromatic carbocycles. The second-order valence-corrected chi connectivity index (χ2v) is 17.4. The van der Waals surface area contributed by atoms with E-state index < -0.39 is 42.4 Å². The van der Waals surface area contributed by atoms with Crippen LogP contribution in [0.4, 0.5) is 0 Å². The van der Waals surface area contributed by atoms with Gasteiger partial charge in [0.15, 0.2) is 9.84 Å². The maximum Gasteiger partial charge on any atom is 0.261 e. The van der Waals surface area contributed by atoms with Gasteiger partial charge in [-0.1, -0.05) is 119 Å². The molecule has 1 heterocycles. The minimum atomic E-state index is -3.52. The van der Waals surface area contributed by atoms with Gasteiger partial charge in [-0.3, -0.25) is 0 Å². The molecule has 1 N–H and O–H groups in total. The van der Waals surface area contributed by atoms with E-state index in [0.717, 1.165) is 0 Å². The molecule has 0 amide bonds. The summed E-state index contributed by atoms with van der Waals surface area (Å²) in [6.45, 7) is 8.78. The minimum absolute atomic E-state index is 0.116. The largest absolute Gasteiger partial charge is 0.404 e. The van der Waals surface area contributed by atoms with E-state index >= 15 is 0 Å². The highest BCUT2D eigenvalue weighted by atomic mass is 32.2. The van der Waals surface area contributed by atoms with E-state index in [1.54, 1.807) is 36.4 Å². The van der Waals surface area contributed by atoms with Gasteiger partial charge in [-0.15, -0.1) is 0 Å². The van der Waals surface area contributed by atoms with Gasteiger partial charge in [-0.25, -0.2) is 8.42 Å². The number of ether oxygens (including phenoxy) is 1. The fourth-order valence-corrected chi connectivity index (χ4v) is 11.6. The van der Waals surface area contributed by atoms with E-state index in [1.807, 2.05) is 49.4 Å². The summed E-state index contributed by atoms with van der Waals surface area (Å²) in [6, 6.07) is 29.2. The van der Waals surface area contributed by atoms with Crippen molar-refractivity contribution in [3.05, 3.63) is 103 Å². The fourth-order valence-electron chi connectivity index (χ4n) is 5.37. The summed E-state index contributed by atoms with van der Waals surface area (Å²) in [5.41, 5.74) is 0. The van der Waals surface area contributed by atoms with Crippen LogP contribution in [0.25, 0.3) is 0 Å². The smallest absolute Gasteiger partial charge is 0.261 e. The zero-order valence-electron chi connectivity index (χ0n) is 22.5. The monoisotopic (exact) mass is 550 g/mol. The van der Waals surface area contributed by atoms with Crippen LogP contribution in [-0.4, -0.2) is 52.5 Å². The molecule has 0 radical (unpaired) electrons. The summed E-state index contributed by atoms with van der Waals surface area (Å²) in [4.78, 5) is 0.277. The molecule has 202 valence electrons. The maximum atomic E-state index is 13.0. The average Bonchev–Trinajstić information content (AvgIpc) is 2.90. The first-order chi connectivity index (χ1) is 18.0. The Hall–Kier alpha value is -2.55. The Bertz CT molecular complexity index is 1270. The number of sulfone groups is 1. The lowest BCUT2D eigenvalue weighted by Gasteiger charge is -2.44. The van der Waals surface area contributed by atoms with Crippen molar-refractivity contribution in [3.63, 3.8) is 0 Å². The molecule has 7 heteroatoms. The molecule has 0 bridgehead atoms. The Morgan fingerprint density at radius 3 is 1.87 bits per heavy atom. The molecule has 0 aliphatic carbocycles. The van der Waals surface area contributed by atoms with Gasteiger partial charge in [0, 0.05) is 0 Å². The van der Waals surface area contributed by atoms with Gasteiger partial charge in [-0.05, 0) is 33.5 Å². The molecule has 4 rings (SSSR count). The molecule has 3 aromatic rings. The lowest BCUT2D eigenvalue weighted by atomic mass is 9.98. The van der Waals surface area contributed by atoms with E-state index in [9.17, 15) is 13.5 Å². The highest BCUT2D eigenvalue weighted by molar-refractivity contribution is 7.91. The Kier molecular flexibility index (Phi) is 8.74. The Labute approximate surface area is 228 Å². The first-order valence-electron chi connectivity index (χ1n) is 13.1. The van der Waals surface area contributed by atoms with E-state index in [4.69, 9.17) is 9.16 Å². The number of hydrogen-bond donors (Lipinski definition) is 1. The number of rotatable bonds is 9. The highest BCUT2D eigenvalue weighted by Gasteiger charge is 2.50. The summed E-state index contributed by atoms with van der Waals surface area (Å²) in [6.07, 6.45) is 1.58. The lowest BCUT2D eigenvalue weighted by Crippen LogP contribution is -2.67. The zero-order chi connectivity index (χ0) is 27.4. The lowest BCUT2D eigenvalue weighted by molar-refractivity contribution is -0.0887. The van der Waals surface area contributed by atoms with Crippen molar-refractivity contribution in [1.82, 2.24) is 0 Å². The summed E-state index contributed by atoms with van der Waals surface area (Å²) in [7, 11) is -6.27. The number of aliphatic hydroxyl groups is 1. The molecule has 1 aliphatic rings. The first kappa shape index (κ1) is 28.5. The third kappa shape index (κ3) is 6.03. The van der Waals surface area contributed by atoms with E-state index in [2.05, 4.69) is 45.0 Å². The predicted octanol–water partition coefficient (Wildman–Crippen LogP) is 4.36. The molecule has 0 saturated heterocycles. The van der Waals surface area contributed by atoms with E-state index in [0.29, 0.717) is 6.61 Å². The normalized spacial score (nSPS) is 21.2. The van der Waals surface area contributed by atoms with Gasteiger partial charge in [0.25, 0.3) is 8.32 Å². The van der Waals surface area contributed by atoms with Gasteiger partial charge in [0.1, 0.15) is 0 Å². The minimum Gasteiger partial charge on any atom is -0.404 e. The fraction of sp³-hybridized carbons (Fsp3) is 0.355. The van der Waals surface area contributed by atoms with Crippen molar-refractivity contribution in [2.75, 3.05) is 12.4 Å². The van der Waals surface area contributed by atoms with Crippen LogP contribution in [0.3, 0.4) is 0 Å². The molecule has 38 heavy (non-hydrogen) atoms. The summed E-state index contributed by atoms with van der Waals surface area (Å²) in [5, 5.41) is 12.9. The standard InChI is InChI=1S/C31H38O5SSi/c1-24(23-37(33,34)26-14-8-5-9-15-26)30-29(32)21-20-25(36-30)22-35-38(31(2,3)4,27-16-10-6-11-17-27)28-18-12-7-13-19-28/h5-21,24-25,29-30,32H,22-23H2,1-4H3/t24?,25-,29+,30+/m0/s1. The van der Waals surface area contributed by atoms with Gasteiger partial charge in [0.05, 0.1) is 35.6 Å². The Morgan fingerprint density at radius 2 is 1.37 bits per heavy atom. The molecular weight excluding hydrogens is 512 g/mol.